The number of benzene rings is 1. The van der Waals surface area contributed by atoms with Gasteiger partial charge in [0.1, 0.15) is 5.82 Å². The maximum absolute atomic E-state index is 13.1. The van der Waals surface area contributed by atoms with Crippen molar-refractivity contribution in [1.29, 1.82) is 0 Å². The molecule has 2 aromatic rings. The number of hydrogen-bond donors (Lipinski definition) is 1. The van der Waals surface area contributed by atoms with E-state index in [1.807, 2.05) is 24.0 Å². The molecule has 6 heteroatoms. The molecule has 0 radical (unpaired) electrons. The topological polar surface area (TPSA) is 46.0 Å². The van der Waals surface area contributed by atoms with Crippen molar-refractivity contribution in [3.8, 4) is 0 Å². The van der Waals surface area contributed by atoms with Gasteiger partial charge in [0.05, 0.1) is 12.2 Å². The van der Waals surface area contributed by atoms with Crippen molar-refractivity contribution in [2.45, 2.75) is 26.6 Å². The highest BCUT2D eigenvalue weighted by Gasteiger charge is 2.04. The van der Waals surface area contributed by atoms with Crippen LogP contribution < -0.4 is 5.32 Å². The minimum Gasteiger partial charge on any atom is -0.311 e. The Morgan fingerprint density at radius 3 is 3.00 bits per heavy atom. The molecule has 1 aromatic carbocycles. The average molecular weight is 291 g/mol. The molecule has 0 aliphatic heterocycles. The Bertz CT molecular complexity index is 555. The smallest absolute Gasteiger partial charge is 0.123 e. The molecule has 0 unspecified atom stereocenters. The van der Waals surface area contributed by atoms with Crippen LogP contribution >= 0.6 is 0 Å². The second-order valence-corrected chi connectivity index (χ2v) is 5.12. The van der Waals surface area contributed by atoms with Crippen molar-refractivity contribution in [2.24, 2.45) is 0 Å². The van der Waals surface area contributed by atoms with Crippen molar-refractivity contribution in [1.82, 2.24) is 25.2 Å². The third-order valence-electron chi connectivity index (χ3n) is 3.19. The van der Waals surface area contributed by atoms with E-state index >= 15 is 0 Å². The Morgan fingerprint density at radius 1 is 1.38 bits per heavy atom. The van der Waals surface area contributed by atoms with Gasteiger partial charge in [-0.15, -0.1) is 5.10 Å². The molecule has 0 bridgehead atoms. The molecule has 0 atom stereocenters. The van der Waals surface area contributed by atoms with Crippen molar-refractivity contribution in [3.63, 3.8) is 0 Å². The van der Waals surface area contributed by atoms with Crippen LogP contribution in [-0.4, -0.2) is 40.0 Å². The van der Waals surface area contributed by atoms with Crippen molar-refractivity contribution >= 4 is 0 Å². The first-order valence-corrected chi connectivity index (χ1v) is 7.20. The summed E-state index contributed by atoms with van der Waals surface area (Å²) in [5.74, 6) is -0.190. The van der Waals surface area contributed by atoms with Crippen molar-refractivity contribution in [2.75, 3.05) is 20.1 Å². The second kappa shape index (κ2) is 7.85. The van der Waals surface area contributed by atoms with Crippen LogP contribution in [0.1, 0.15) is 18.2 Å². The lowest BCUT2D eigenvalue weighted by Gasteiger charge is -2.16. The van der Waals surface area contributed by atoms with Gasteiger partial charge in [-0.1, -0.05) is 24.3 Å². The van der Waals surface area contributed by atoms with Crippen LogP contribution in [0.15, 0.2) is 30.5 Å². The third-order valence-corrected chi connectivity index (χ3v) is 3.19. The molecule has 1 N–H and O–H groups in total. The fraction of sp³-hybridized carbons (Fsp3) is 0.467. The SMILES string of the molecule is CCNCc1cn(CCN(C)Cc2cccc(F)c2)nn1. The maximum atomic E-state index is 13.1. The quantitative estimate of drug-likeness (QED) is 0.803. The van der Waals surface area contributed by atoms with E-state index in [0.29, 0.717) is 0 Å². The Morgan fingerprint density at radius 2 is 2.24 bits per heavy atom. The fourth-order valence-electron chi connectivity index (χ4n) is 2.08. The van der Waals surface area contributed by atoms with Gasteiger partial charge < -0.3 is 10.2 Å². The molecule has 0 spiro atoms. The number of hydrogen-bond acceptors (Lipinski definition) is 4. The van der Waals surface area contributed by atoms with Gasteiger partial charge in [-0.3, -0.25) is 4.68 Å². The zero-order valence-electron chi connectivity index (χ0n) is 12.6. The molecule has 0 amide bonds. The third kappa shape index (κ3) is 5.24. The molecular weight excluding hydrogens is 269 g/mol. The van der Waals surface area contributed by atoms with Crippen molar-refractivity contribution < 1.29 is 4.39 Å². The highest BCUT2D eigenvalue weighted by atomic mass is 19.1. The summed E-state index contributed by atoms with van der Waals surface area (Å²) in [4.78, 5) is 2.14. The summed E-state index contributed by atoms with van der Waals surface area (Å²) in [7, 11) is 2.02. The minimum atomic E-state index is -0.190. The lowest BCUT2D eigenvalue weighted by Crippen LogP contribution is -2.23. The first-order chi connectivity index (χ1) is 10.2. The Hall–Kier alpha value is -1.79. The number of likely N-dealkylation sites (N-methyl/N-ethyl adjacent to an activating group) is 1. The molecule has 1 aromatic heterocycles. The molecule has 21 heavy (non-hydrogen) atoms. The van der Waals surface area contributed by atoms with E-state index in [-0.39, 0.29) is 5.82 Å². The monoisotopic (exact) mass is 291 g/mol. The van der Waals surface area contributed by atoms with E-state index in [9.17, 15) is 4.39 Å². The van der Waals surface area contributed by atoms with E-state index in [2.05, 4.69) is 27.5 Å². The molecular formula is C15H22FN5. The largest absolute Gasteiger partial charge is 0.311 e. The molecule has 2 rings (SSSR count). The first kappa shape index (κ1) is 15.6. The van der Waals surface area contributed by atoms with Crippen LogP contribution in [0.5, 0.6) is 0 Å². The summed E-state index contributed by atoms with van der Waals surface area (Å²) in [6.07, 6.45) is 1.96. The van der Waals surface area contributed by atoms with Gasteiger partial charge in [0.2, 0.25) is 0 Å². The van der Waals surface area contributed by atoms with Crippen molar-refractivity contribution in [3.05, 3.63) is 47.5 Å². The zero-order chi connectivity index (χ0) is 15.1. The summed E-state index contributed by atoms with van der Waals surface area (Å²) in [6, 6.07) is 6.71. The van der Waals surface area contributed by atoms with E-state index in [1.54, 1.807) is 12.1 Å². The zero-order valence-corrected chi connectivity index (χ0v) is 12.6. The van der Waals surface area contributed by atoms with Crippen LogP contribution in [0, 0.1) is 5.82 Å². The molecule has 0 aliphatic rings. The van der Waals surface area contributed by atoms with Crippen LogP contribution in [-0.2, 0) is 19.6 Å². The highest BCUT2D eigenvalue weighted by molar-refractivity contribution is 5.15. The number of rotatable bonds is 8. The van der Waals surface area contributed by atoms with E-state index in [4.69, 9.17) is 0 Å². The maximum Gasteiger partial charge on any atom is 0.123 e. The average Bonchev–Trinajstić information content (AvgIpc) is 2.91. The van der Waals surface area contributed by atoms with Gasteiger partial charge in [-0.2, -0.15) is 0 Å². The molecule has 5 nitrogen and oxygen atoms in total. The molecule has 0 saturated heterocycles. The Labute approximate surface area is 124 Å². The molecule has 114 valence electrons. The van der Waals surface area contributed by atoms with Crippen LogP contribution in [0.4, 0.5) is 4.39 Å². The standard InChI is InChI=1S/C15H22FN5/c1-3-17-10-15-12-21(19-18-15)8-7-20(2)11-13-5-4-6-14(16)9-13/h4-6,9,12,17H,3,7-8,10-11H2,1-2H3. The lowest BCUT2D eigenvalue weighted by atomic mass is 10.2. The minimum absolute atomic E-state index is 0.190. The summed E-state index contributed by atoms with van der Waals surface area (Å²) < 4.78 is 15.0. The first-order valence-electron chi connectivity index (χ1n) is 7.20. The molecule has 0 aliphatic carbocycles. The molecule has 0 saturated carbocycles. The van der Waals surface area contributed by atoms with Gasteiger partial charge in [0.25, 0.3) is 0 Å². The van der Waals surface area contributed by atoms with Gasteiger partial charge >= 0.3 is 0 Å². The van der Waals surface area contributed by atoms with Crippen LogP contribution in [0.3, 0.4) is 0 Å². The second-order valence-electron chi connectivity index (χ2n) is 5.12. The lowest BCUT2D eigenvalue weighted by molar-refractivity contribution is 0.303. The Kier molecular flexibility index (Phi) is 5.83. The van der Waals surface area contributed by atoms with E-state index in [0.717, 1.165) is 44.0 Å². The van der Waals surface area contributed by atoms with Gasteiger partial charge in [0.15, 0.2) is 0 Å². The molecule has 1 heterocycles. The number of nitrogens with zero attached hydrogens (tertiary/aromatic N) is 4. The normalized spacial score (nSPS) is 11.2. The van der Waals surface area contributed by atoms with Gasteiger partial charge in [-0.25, -0.2) is 4.39 Å². The number of halogens is 1. The van der Waals surface area contributed by atoms with E-state index in [1.165, 1.54) is 6.07 Å². The highest BCUT2D eigenvalue weighted by Crippen LogP contribution is 2.06. The van der Waals surface area contributed by atoms with Crippen LogP contribution in [0.2, 0.25) is 0 Å². The summed E-state index contributed by atoms with van der Waals surface area (Å²) >= 11 is 0. The van der Waals surface area contributed by atoms with Gasteiger partial charge in [-0.05, 0) is 31.3 Å². The number of aromatic nitrogens is 3. The van der Waals surface area contributed by atoms with Gasteiger partial charge in [0, 0.05) is 25.8 Å². The molecule has 0 fully saturated rings. The van der Waals surface area contributed by atoms with E-state index < -0.39 is 0 Å². The number of nitrogens with one attached hydrogen (secondary N) is 1. The Balaban J connectivity index is 1.78. The summed E-state index contributed by atoms with van der Waals surface area (Å²) in [5, 5.41) is 11.4. The summed E-state index contributed by atoms with van der Waals surface area (Å²) in [6.45, 7) is 6.05. The summed E-state index contributed by atoms with van der Waals surface area (Å²) in [5.41, 5.74) is 1.92. The predicted molar refractivity (Wildman–Crippen MR) is 80.1 cm³/mol. The van der Waals surface area contributed by atoms with Crippen LogP contribution in [0.25, 0.3) is 0 Å². The predicted octanol–water partition coefficient (Wildman–Crippen LogP) is 1.66. The fourth-order valence-corrected chi connectivity index (χ4v) is 2.08.